The van der Waals surface area contributed by atoms with Gasteiger partial charge in [0, 0.05) is 6.07 Å². The molecule has 3 aliphatic rings. The van der Waals surface area contributed by atoms with Crippen LogP contribution in [0.15, 0.2) is 36.4 Å². The van der Waals surface area contributed by atoms with Gasteiger partial charge in [-0.2, -0.15) is 0 Å². The molecule has 118 valence electrons. The van der Waals surface area contributed by atoms with Crippen LogP contribution in [0.25, 0.3) is 0 Å². The van der Waals surface area contributed by atoms with Crippen LogP contribution >= 0.6 is 0 Å². The van der Waals surface area contributed by atoms with E-state index in [1.54, 1.807) is 19.9 Å². The van der Waals surface area contributed by atoms with Crippen molar-refractivity contribution in [3.05, 3.63) is 46.5 Å². The molecule has 0 N–H and O–H groups in total. The molecular formula is C16H14N2O5. The molecule has 0 unspecified atom stereocenters. The quantitative estimate of drug-likeness (QED) is 0.359. The number of carbonyl (C=O) groups excluding carboxylic acids is 2. The van der Waals surface area contributed by atoms with Crippen LogP contribution in [0.4, 0.5) is 11.4 Å². The Hall–Kier alpha value is -2.54. The lowest BCUT2D eigenvalue weighted by Gasteiger charge is -2.25. The van der Waals surface area contributed by atoms with E-state index >= 15 is 0 Å². The van der Waals surface area contributed by atoms with Gasteiger partial charge in [0.15, 0.2) is 0 Å². The third-order valence-corrected chi connectivity index (χ3v) is 5.05. The minimum Gasteiger partial charge on any atom is -0.359 e. The van der Waals surface area contributed by atoms with Crippen molar-refractivity contribution >= 4 is 23.2 Å². The highest BCUT2D eigenvalue weighted by Crippen LogP contribution is 2.57. The zero-order valence-electron chi connectivity index (χ0n) is 12.6. The summed E-state index contributed by atoms with van der Waals surface area (Å²) < 4.78 is 5.90. The number of anilines is 1. The lowest BCUT2D eigenvalue weighted by atomic mass is 9.73. The normalized spacial score (nSPS) is 37.6. The van der Waals surface area contributed by atoms with Gasteiger partial charge < -0.3 is 4.74 Å². The molecule has 2 fully saturated rings. The van der Waals surface area contributed by atoms with Crippen LogP contribution in [0.2, 0.25) is 0 Å². The van der Waals surface area contributed by atoms with E-state index in [0.29, 0.717) is 0 Å². The first-order valence-corrected chi connectivity index (χ1v) is 7.30. The van der Waals surface area contributed by atoms with E-state index < -0.39 is 39.8 Å². The number of rotatable bonds is 2. The predicted molar refractivity (Wildman–Crippen MR) is 79.6 cm³/mol. The molecule has 3 heterocycles. The summed E-state index contributed by atoms with van der Waals surface area (Å²) >= 11 is 0. The zero-order chi connectivity index (χ0) is 16.6. The van der Waals surface area contributed by atoms with Gasteiger partial charge in [0.1, 0.15) is 5.69 Å². The molecular weight excluding hydrogens is 300 g/mol. The smallest absolute Gasteiger partial charge is 0.293 e. The Morgan fingerprint density at radius 2 is 1.61 bits per heavy atom. The summed E-state index contributed by atoms with van der Waals surface area (Å²) in [5.41, 5.74) is -1.92. The number of nitrogens with zero attached hydrogens (tertiary/aromatic N) is 2. The topological polar surface area (TPSA) is 89.8 Å². The number of imide groups is 1. The number of amides is 2. The summed E-state index contributed by atoms with van der Waals surface area (Å²) in [5, 5.41) is 11.2. The lowest BCUT2D eigenvalue weighted by Crippen LogP contribution is -2.39. The van der Waals surface area contributed by atoms with Crippen LogP contribution in [0.1, 0.15) is 13.8 Å². The number of fused-ring (bicyclic) bond motifs is 5. The van der Waals surface area contributed by atoms with Gasteiger partial charge in [-0.15, -0.1) is 0 Å². The molecule has 2 amide bonds. The number of hydrogen-bond donors (Lipinski definition) is 0. The SMILES string of the molecule is C[C@]12C=C[C@@](C)(O1)[C@H]1C(=O)N(c3ccccc3[N+](=O)[O-])C(=O)[C@H]12. The summed E-state index contributed by atoms with van der Waals surface area (Å²) in [6.07, 6.45) is 3.62. The van der Waals surface area contributed by atoms with Crippen LogP contribution in [-0.2, 0) is 14.3 Å². The average Bonchev–Trinajstić information content (AvgIpc) is 3.04. The van der Waals surface area contributed by atoms with Crippen molar-refractivity contribution in [2.24, 2.45) is 11.8 Å². The molecule has 0 aromatic heterocycles. The number of para-hydroxylation sites is 2. The molecule has 2 bridgehead atoms. The number of nitro groups is 1. The van der Waals surface area contributed by atoms with Crippen molar-refractivity contribution in [1.82, 2.24) is 0 Å². The molecule has 3 aliphatic heterocycles. The Kier molecular flexibility index (Phi) is 2.48. The fraction of sp³-hybridized carbons (Fsp3) is 0.375. The number of benzene rings is 1. The van der Waals surface area contributed by atoms with Crippen molar-refractivity contribution in [3.63, 3.8) is 0 Å². The van der Waals surface area contributed by atoms with Crippen molar-refractivity contribution in [2.75, 3.05) is 4.90 Å². The Bertz CT molecular complexity index is 767. The van der Waals surface area contributed by atoms with Gasteiger partial charge in [0.25, 0.3) is 5.69 Å². The second-order valence-electron chi connectivity index (χ2n) is 6.52. The molecule has 7 nitrogen and oxygen atoms in total. The minimum absolute atomic E-state index is 0.0218. The van der Waals surface area contributed by atoms with Gasteiger partial charge in [-0.3, -0.25) is 19.7 Å². The van der Waals surface area contributed by atoms with Gasteiger partial charge >= 0.3 is 0 Å². The maximum atomic E-state index is 12.9. The van der Waals surface area contributed by atoms with Gasteiger partial charge in [-0.1, -0.05) is 24.3 Å². The summed E-state index contributed by atoms with van der Waals surface area (Å²) in [4.78, 5) is 37.4. The highest BCUT2D eigenvalue weighted by Gasteiger charge is 2.70. The summed E-state index contributed by atoms with van der Waals surface area (Å²) in [5.74, 6) is -2.18. The molecule has 0 saturated carbocycles. The van der Waals surface area contributed by atoms with E-state index in [2.05, 4.69) is 0 Å². The van der Waals surface area contributed by atoms with E-state index in [4.69, 9.17) is 4.74 Å². The second kappa shape index (κ2) is 4.05. The Morgan fingerprint density at radius 1 is 1.09 bits per heavy atom. The summed E-state index contributed by atoms with van der Waals surface area (Å²) in [6.45, 7) is 3.54. The van der Waals surface area contributed by atoms with Crippen LogP contribution in [0, 0.1) is 22.0 Å². The molecule has 7 heteroatoms. The monoisotopic (exact) mass is 314 g/mol. The van der Waals surface area contributed by atoms with E-state index in [9.17, 15) is 19.7 Å². The van der Waals surface area contributed by atoms with Gasteiger partial charge in [0.05, 0.1) is 28.0 Å². The zero-order valence-corrected chi connectivity index (χ0v) is 12.6. The Balaban J connectivity index is 1.85. The number of hydrogen-bond acceptors (Lipinski definition) is 5. The van der Waals surface area contributed by atoms with Crippen molar-refractivity contribution in [1.29, 1.82) is 0 Å². The predicted octanol–water partition coefficient (Wildman–Crippen LogP) is 1.82. The summed E-state index contributed by atoms with van der Waals surface area (Å²) in [6, 6.07) is 5.79. The minimum atomic E-state index is -0.843. The second-order valence-corrected chi connectivity index (χ2v) is 6.52. The first-order chi connectivity index (χ1) is 10.8. The van der Waals surface area contributed by atoms with E-state index in [0.717, 1.165) is 4.90 Å². The van der Waals surface area contributed by atoms with Crippen LogP contribution in [-0.4, -0.2) is 27.9 Å². The Morgan fingerprint density at radius 3 is 2.13 bits per heavy atom. The number of carbonyl (C=O) groups is 2. The molecule has 1 aromatic carbocycles. The fourth-order valence-electron chi connectivity index (χ4n) is 4.08. The third kappa shape index (κ3) is 1.57. The largest absolute Gasteiger partial charge is 0.359 e. The molecule has 2 saturated heterocycles. The highest BCUT2D eigenvalue weighted by atomic mass is 16.6. The van der Waals surface area contributed by atoms with Gasteiger partial charge in [-0.05, 0) is 19.9 Å². The van der Waals surface area contributed by atoms with Crippen LogP contribution < -0.4 is 4.90 Å². The lowest BCUT2D eigenvalue weighted by molar-refractivity contribution is -0.384. The number of ether oxygens (including phenoxy) is 1. The van der Waals surface area contributed by atoms with E-state index in [1.807, 2.05) is 12.2 Å². The highest BCUT2D eigenvalue weighted by molar-refractivity contribution is 6.24. The third-order valence-electron chi connectivity index (χ3n) is 5.05. The molecule has 23 heavy (non-hydrogen) atoms. The molecule has 4 rings (SSSR count). The van der Waals surface area contributed by atoms with Crippen molar-refractivity contribution < 1.29 is 19.2 Å². The summed E-state index contributed by atoms with van der Waals surface area (Å²) in [7, 11) is 0. The van der Waals surface area contributed by atoms with E-state index in [-0.39, 0.29) is 11.4 Å². The standard InChI is InChI=1S/C16H14N2O5/c1-15-7-8-16(2,23-15)12-11(15)13(19)17(14(12)20)9-5-3-4-6-10(9)18(21)22/h3-8,11-12H,1-2H3/t11-,12+,15-,16-/m1/s1. The Labute approximate surface area is 131 Å². The molecule has 0 radical (unpaired) electrons. The van der Waals surface area contributed by atoms with E-state index in [1.165, 1.54) is 18.2 Å². The molecule has 1 aromatic rings. The first kappa shape index (κ1) is 14.1. The van der Waals surface area contributed by atoms with Crippen LogP contribution in [0.5, 0.6) is 0 Å². The first-order valence-electron chi connectivity index (χ1n) is 7.30. The molecule has 0 aliphatic carbocycles. The van der Waals surface area contributed by atoms with Crippen LogP contribution in [0.3, 0.4) is 0 Å². The molecule has 4 atom stereocenters. The van der Waals surface area contributed by atoms with Gasteiger partial charge in [0.2, 0.25) is 11.8 Å². The van der Waals surface area contributed by atoms with Gasteiger partial charge in [-0.25, -0.2) is 4.90 Å². The number of nitro benzene ring substituents is 1. The maximum absolute atomic E-state index is 12.9. The fourth-order valence-corrected chi connectivity index (χ4v) is 4.08. The van der Waals surface area contributed by atoms with Crippen molar-refractivity contribution in [3.8, 4) is 0 Å². The average molecular weight is 314 g/mol. The maximum Gasteiger partial charge on any atom is 0.293 e. The van der Waals surface area contributed by atoms with Crippen molar-refractivity contribution in [2.45, 2.75) is 25.0 Å². The molecule has 0 spiro atoms.